The number of carbonyl (C=O) groups excluding carboxylic acids is 1. The fraction of sp³-hybridized carbons (Fsp3) is 0.962. The lowest BCUT2D eigenvalue weighted by molar-refractivity contribution is -0.157. The molecule has 160 valence electrons. The molecule has 4 saturated carbocycles. The first kappa shape index (κ1) is 20.7. The van der Waals surface area contributed by atoms with Gasteiger partial charge in [0, 0.05) is 0 Å². The van der Waals surface area contributed by atoms with E-state index in [2.05, 4.69) is 6.92 Å². The Morgan fingerprint density at radius 3 is 1.57 bits per heavy atom. The van der Waals surface area contributed by atoms with Gasteiger partial charge in [-0.05, 0) is 107 Å². The van der Waals surface area contributed by atoms with Gasteiger partial charge >= 0.3 is 5.97 Å². The summed E-state index contributed by atoms with van der Waals surface area (Å²) in [5.41, 5.74) is 0. The molecule has 2 nitrogen and oxygen atoms in total. The molecule has 4 aliphatic carbocycles. The summed E-state index contributed by atoms with van der Waals surface area (Å²) in [6.45, 7) is 2.31. The highest BCUT2D eigenvalue weighted by Gasteiger charge is 2.35. The van der Waals surface area contributed by atoms with Crippen LogP contribution in [0.1, 0.15) is 116 Å². The summed E-state index contributed by atoms with van der Waals surface area (Å²) in [6, 6.07) is 0. The summed E-state index contributed by atoms with van der Waals surface area (Å²) in [4.78, 5) is 12.5. The molecular formula is C26H44O2. The zero-order chi connectivity index (χ0) is 19.3. The van der Waals surface area contributed by atoms with Gasteiger partial charge < -0.3 is 4.74 Å². The molecule has 0 aliphatic heterocycles. The van der Waals surface area contributed by atoms with Gasteiger partial charge in [-0.1, -0.05) is 39.0 Å². The monoisotopic (exact) mass is 388 g/mol. The van der Waals surface area contributed by atoms with Crippen LogP contribution in [0.15, 0.2) is 0 Å². The number of hydrogen-bond donors (Lipinski definition) is 0. The molecule has 0 unspecified atom stereocenters. The van der Waals surface area contributed by atoms with Crippen molar-refractivity contribution in [3.8, 4) is 0 Å². The molecule has 4 rings (SSSR count). The van der Waals surface area contributed by atoms with E-state index < -0.39 is 0 Å². The van der Waals surface area contributed by atoms with E-state index in [1.807, 2.05) is 0 Å². The second-order valence-electron chi connectivity index (χ2n) is 11.0. The van der Waals surface area contributed by atoms with Gasteiger partial charge in [0.25, 0.3) is 0 Å². The van der Waals surface area contributed by atoms with E-state index in [4.69, 9.17) is 4.74 Å². The zero-order valence-electron chi connectivity index (χ0n) is 18.4. The van der Waals surface area contributed by atoms with Gasteiger partial charge in [-0.25, -0.2) is 0 Å². The Hall–Kier alpha value is -0.530. The first-order valence-corrected chi connectivity index (χ1v) is 12.9. The Balaban J connectivity index is 1.15. The van der Waals surface area contributed by atoms with E-state index in [0.29, 0.717) is 0 Å². The average molecular weight is 389 g/mol. The Morgan fingerprint density at radius 2 is 1.04 bits per heavy atom. The first-order valence-electron chi connectivity index (χ1n) is 12.9. The lowest BCUT2D eigenvalue weighted by Crippen LogP contribution is -2.33. The second kappa shape index (κ2) is 9.98. The summed E-state index contributed by atoms with van der Waals surface area (Å²) in [5, 5.41) is 0. The van der Waals surface area contributed by atoms with Crippen LogP contribution >= 0.6 is 0 Å². The van der Waals surface area contributed by atoms with E-state index in [0.717, 1.165) is 55.3 Å². The van der Waals surface area contributed by atoms with Gasteiger partial charge in [0.05, 0.1) is 5.92 Å². The van der Waals surface area contributed by atoms with Crippen LogP contribution in [0.5, 0.6) is 0 Å². The largest absolute Gasteiger partial charge is 0.462 e. The minimum atomic E-state index is 0.128. The molecule has 0 aromatic rings. The lowest BCUT2D eigenvalue weighted by atomic mass is 9.66. The third kappa shape index (κ3) is 5.33. The van der Waals surface area contributed by atoms with Crippen molar-refractivity contribution in [1.82, 2.24) is 0 Å². The van der Waals surface area contributed by atoms with Crippen molar-refractivity contribution in [2.75, 3.05) is 0 Å². The Labute approximate surface area is 173 Å². The van der Waals surface area contributed by atoms with Gasteiger partial charge in [-0.3, -0.25) is 4.79 Å². The minimum absolute atomic E-state index is 0.128. The van der Waals surface area contributed by atoms with Crippen molar-refractivity contribution in [1.29, 1.82) is 0 Å². The van der Waals surface area contributed by atoms with Crippen molar-refractivity contribution in [2.45, 2.75) is 122 Å². The number of rotatable bonds is 4. The van der Waals surface area contributed by atoms with E-state index in [1.165, 1.54) is 83.5 Å². The molecule has 4 fully saturated rings. The van der Waals surface area contributed by atoms with Gasteiger partial charge in [0.1, 0.15) is 6.10 Å². The quantitative estimate of drug-likeness (QED) is 0.472. The van der Waals surface area contributed by atoms with Gasteiger partial charge in [-0.15, -0.1) is 0 Å². The summed E-state index contributed by atoms with van der Waals surface area (Å²) >= 11 is 0. The summed E-state index contributed by atoms with van der Waals surface area (Å²) < 4.78 is 5.96. The van der Waals surface area contributed by atoms with Crippen molar-refractivity contribution in [3.05, 3.63) is 0 Å². The normalized spacial score (nSPS) is 40.8. The number of ether oxygens (including phenoxy) is 1. The molecule has 0 atom stereocenters. The van der Waals surface area contributed by atoms with Crippen molar-refractivity contribution in [3.63, 3.8) is 0 Å². The minimum Gasteiger partial charge on any atom is -0.462 e. The van der Waals surface area contributed by atoms with Crippen LogP contribution in [0.25, 0.3) is 0 Å². The van der Waals surface area contributed by atoms with Crippen LogP contribution in [0.4, 0.5) is 0 Å². The van der Waals surface area contributed by atoms with Gasteiger partial charge in [0.2, 0.25) is 0 Å². The van der Waals surface area contributed by atoms with Gasteiger partial charge in [-0.2, -0.15) is 0 Å². The van der Waals surface area contributed by atoms with Gasteiger partial charge in [0.15, 0.2) is 0 Å². The maximum Gasteiger partial charge on any atom is 0.309 e. The van der Waals surface area contributed by atoms with E-state index in [1.54, 1.807) is 0 Å². The standard InChI is InChI=1S/C26H44O2/c1-19-7-9-24(10-8-19)26(27)28-25-17-15-23(16-18-25)22-13-11-21(12-14-22)20-5-3-2-4-6-20/h19-25H,2-18H2,1H3. The van der Waals surface area contributed by atoms with Crippen molar-refractivity contribution in [2.24, 2.45) is 35.5 Å². The number of carbonyl (C=O) groups is 1. The maximum atomic E-state index is 12.5. The zero-order valence-corrected chi connectivity index (χ0v) is 18.4. The molecule has 2 heteroatoms. The second-order valence-corrected chi connectivity index (χ2v) is 11.0. The molecule has 0 heterocycles. The van der Waals surface area contributed by atoms with Crippen molar-refractivity contribution < 1.29 is 9.53 Å². The van der Waals surface area contributed by atoms with E-state index in [9.17, 15) is 4.79 Å². The van der Waals surface area contributed by atoms with Crippen LogP contribution in [-0.2, 0) is 9.53 Å². The highest BCUT2D eigenvalue weighted by Crippen LogP contribution is 2.45. The molecule has 28 heavy (non-hydrogen) atoms. The molecule has 0 amide bonds. The molecule has 0 aromatic heterocycles. The molecule has 0 N–H and O–H groups in total. The van der Waals surface area contributed by atoms with Crippen LogP contribution in [0.3, 0.4) is 0 Å². The third-order valence-corrected chi connectivity index (χ3v) is 9.15. The van der Waals surface area contributed by atoms with Crippen LogP contribution < -0.4 is 0 Å². The average Bonchev–Trinajstić information content (AvgIpc) is 2.75. The fourth-order valence-electron chi connectivity index (χ4n) is 7.13. The van der Waals surface area contributed by atoms with E-state index >= 15 is 0 Å². The van der Waals surface area contributed by atoms with E-state index in [-0.39, 0.29) is 18.0 Å². The predicted molar refractivity (Wildman–Crippen MR) is 115 cm³/mol. The molecule has 0 saturated heterocycles. The van der Waals surface area contributed by atoms with Crippen LogP contribution in [-0.4, -0.2) is 12.1 Å². The Morgan fingerprint density at radius 1 is 0.571 bits per heavy atom. The third-order valence-electron chi connectivity index (χ3n) is 9.15. The topological polar surface area (TPSA) is 26.3 Å². The van der Waals surface area contributed by atoms with Crippen molar-refractivity contribution >= 4 is 5.97 Å². The highest BCUT2D eigenvalue weighted by molar-refractivity contribution is 5.72. The molecule has 0 spiro atoms. The van der Waals surface area contributed by atoms with Crippen LogP contribution in [0, 0.1) is 35.5 Å². The predicted octanol–water partition coefficient (Wildman–Crippen LogP) is 7.30. The highest BCUT2D eigenvalue weighted by atomic mass is 16.5. The molecule has 0 radical (unpaired) electrons. The molecule has 0 aromatic carbocycles. The molecular weight excluding hydrogens is 344 g/mol. The Kier molecular flexibility index (Phi) is 7.39. The molecule has 0 bridgehead atoms. The Bertz CT molecular complexity index is 471. The fourth-order valence-corrected chi connectivity index (χ4v) is 7.13. The summed E-state index contributed by atoms with van der Waals surface area (Å²) in [6.07, 6.45) is 23.1. The summed E-state index contributed by atoms with van der Waals surface area (Å²) in [5.74, 6) is 5.12. The smallest absolute Gasteiger partial charge is 0.309 e. The lowest BCUT2D eigenvalue weighted by Gasteiger charge is -2.40. The number of esters is 1. The van der Waals surface area contributed by atoms with Crippen LogP contribution in [0.2, 0.25) is 0 Å². The maximum absolute atomic E-state index is 12.5. The summed E-state index contributed by atoms with van der Waals surface area (Å²) in [7, 11) is 0. The molecule has 4 aliphatic rings. The SMILES string of the molecule is CC1CCC(C(=O)OC2CCC(C3CCC(C4CCCCC4)CC3)CC2)CC1. The first-order chi connectivity index (χ1) is 13.7. The number of hydrogen-bond acceptors (Lipinski definition) is 2.